The molecule has 2 fully saturated rings. The minimum atomic E-state index is -3.15. The predicted octanol–water partition coefficient (Wildman–Crippen LogP) is 1.89. The molecule has 2 atom stereocenters. The normalized spacial score (nSPS) is 36.4. The van der Waals surface area contributed by atoms with E-state index in [1.54, 1.807) is 0 Å². The summed E-state index contributed by atoms with van der Waals surface area (Å²) in [6.07, 6.45) is 1.21. The Hall–Kier alpha value is -1.01. The van der Waals surface area contributed by atoms with Crippen LogP contribution in [-0.4, -0.2) is 24.0 Å². The molecule has 3 nitrogen and oxygen atoms in total. The molecular formula is C13H14F2O3S. The third-order valence-electron chi connectivity index (χ3n) is 4.33. The van der Waals surface area contributed by atoms with Crippen molar-refractivity contribution in [2.75, 3.05) is 0 Å². The first-order valence-electron chi connectivity index (χ1n) is 6.23. The van der Waals surface area contributed by atoms with Crippen molar-refractivity contribution in [1.82, 2.24) is 0 Å². The van der Waals surface area contributed by atoms with Crippen LogP contribution in [0.3, 0.4) is 0 Å². The molecule has 19 heavy (non-hydrogen) atoms. The summed E-state index contributed by atoms with van der Waals surface area (Å²) in [5.74, 6) is -1.99. The van der Waals surface area contributed by atoms with Crippen LogP contribution < -0.4 is 0 Å². The molecule has 3 rings (SSSR count). The Kier molecular flexibility index (Phi) is 2.73. The highest BCUT2D eigenvalue weighted by Gasteiger charge is 2.53. The van der Waals surface area contributed by atoms with Crippen molar-refractivity contribution >= 4 is 9.84 Å². The van der Waals surface area contributed by atoms with Gasteiger partial charge in [-0.25, -0.2) is 17.2 Å². The Labute approximate surface area is 110 Å². The van der Waals surface area contributed by atoms with Gasteiger partial charge in [0.05, 0.1) is 16.1 Å². The van der Waals surface area contributed by atoms with Gasteiger partial charge in [-0.1, -0.05) is 6.07 Å². The summed E-state index contributed by atoms with van der Waals surface area (Å²) in [5.41, 5.74) is -1.11. The fourth-order valence-electron chi connectivity index (χ4n) is 3.27. The standard InChI is InChI=1S/C13H14F2O3S/c14-11-4-1-8(5-12(11)15)13(16)6-9-2-3-10(7-13)19(9,17)18/h1,4-5,9-10,16H,2-3,6-7H2. The number of rotatable bonds is 1. The lowest BCUT2D eigenvalue weighted by molar-refractivity contribution is 0.0169. The van der Waals surface area contributed by atoms with Crippen LogP contribution in [0.5, 0.6) is 0 Å². The van der Waals surface area contributed by atoms with Gasteiger partial charge >= 0.3 is 0 Å². The summed E-state index contributed by atoms with van der Waals surface area (Å²) in [5, 5.41) is 9.49. The van der Waals surface area contributed by atoms with Gasteiger partial charge in [0.1, 0.15) is 0 Å². The fourth-order valence-corrected chi connectivity index (χ4v) is 5.76. The highest BCUT2D eigenvalue weighted by Crippen LogP contribution is 2.47. The van der Waals surface area contributed by atoms with E-state index in [1.165, 1.54) is 6.07 Å². The molecular weight excluding hydrogens is 274 g/mol. The van der Waals surface area contributed by atoms with E-state index in [0.717, 1.165) is 12.1 Å². The van der Waals surface area contributed by atoms with Crippen LogP contribution in [0.1, 0.15) is 31.2 Å². The molecule has 2 bridgehead atoms. The topological polar surface area (TPSA) is 54.4 Å². The average Bonchev–Trinajstić information content (AvgIpc) is 2.53. The Morgan fingerprint density at radius 3 is 2.21 bits per heavy atom. The molecule has 0 radical (unpaired) electrons. The number of hydrogen-bond donors (Lipinski definition) is 1. The molecule has 6 heteroatoms. The second-order valence-corrected chi connectivity index (χ2v) is 7.99. The van der Waals surface area contributed by atoms with Gasteiger partial charge in [0.15, 0.2) is 21.5 Å². The zero-order valence-corrected chi connectivity index (χ0v) is 11.0. The first-order valence-corrected chi connectivity index (χ1v) is 7.84. The number of hydrogen-bond acceptors (Lipinski definition) is 3. The molecule has 2 heterocycles. The van der Waals surface area contributed by atoms with Crippen LogP contribution in [0.4, 0.5) is 8.78 Å². The summed E-state index contributed by atoms with van der Waals surface area (Å²) in [7, 11) is -3.15. The van der Waals surface area contributed by atoms with Crippen molar-refractivity contribution in [3.63, 3.8) is 0 Å². The van der Waals surface area contributed by atoms with E-state index >= 15 is 0 Å². The van der Waals surface area contributed by atoms with Crippen LogP contribution in [0.2, 0.25) is 0 Å². The maximum absolute atomic E-state index is 13.3. The van der Waals surface area contributed by atoms with Crippen molar-refractivity contribution in [2.24, 2.45) is 0 Å². The molecule has 2 aliphatic rings. The van der Waals surface area contributed by atoms with Crippen molar-refractivity contribution in [3.05, 3.63) is 35.4 Å². The number of halogens is 2. The zero-order valence-electron chi connectivity index (χ0n) is 10.1. The molecule has 2 aliphatic heterocycles. The quantitative estimate of drug-likeness (QED) is 0.858. The van der Waals surface area contributed by atoms with E-state index in [4.69, 9.17) is 0 Å². The molecule has 2 unspecified atom stereocenters. The highest BCUT2D eigenvalue weighted by atomic mass is 32.2. The van der Waals surface area contributed by atoms with Gasteiger partial charge in [-0.3, -0.25) is 0 Å². The van der Waals surface area contributed by atoms with Crippen molar-refractivity contribution in [2.45, 2.75) is 41.8 Å². The molecule has 104 valence electrons. The summed E-state index contributed by atoms with van der Waals surface area (Å²) in [6, 6.07) is 3.26. The maximum atomic E-state index is 13.3. The average molecular weight is 288 g/mol. The lowest BCUT2D eigenvalue weighted by atomic mass is 9.86. The summed E-state index contributed by atoms with van der Waals surface area (Å²) >= 11 is 0. The van der Waals surface area contributed by atoms with E-state index in [1.807, 2.05) is 0 Å². The van der Waals surface area contributed by atoms with Gasteiger partial charge < -0.3 is 5.11 Å². The van der Waals surface area contributed by atoms with Gasteiger partial charge in [0.25, 0.3) is 0 Å². The second-order valence-electron chi connectivity index (χ2n) is 5.48. The minimum Gasteiger partial charge on any atom is -0.385 e. The SMILES string of the molecule is O=S1(=O)C2CCC1CC(O)(c1ccc(F)c(F)c1)C2. The summed E-state index contributed by atoms with van der Waals surface area (Å²) in [4.78, 5) is 0. The van der Waals surface area contributed by atoms with Gasteiger partial charge in [-0.05, 0) is 43.4 Å². The molecule has 0 spiro atoms. The number of aliphatic hydroxyl groups is 1. The molecule has 2 saturated heterocycles. The predicted molar refractivity (Wildman–Crippen MR) is 65.2 cm³/mol. The van der Waals surface area contributed by atoms with E-state index in [-0.39, 0.29) is 18.4 Å². The molecule has 0 aromatic heterocycles. The maximum Gasteiger partial charge on any atom is 0.159 e. The first-order chi connectivity index (χ1) is 8.83. The molecule has 0 saturated carbocycles. The number of sulfone groups is 1. The lowest BCUT2D eigenvalue weighted by Gasteiger charge is -2.36. The number of fused-ring (bicyclic) bond motifs is 2. The Bertz CT molecular complexity index is 607. The largest absolute Gasteiger partial charge is 0.385 e. The van der Waals surface area contributed by atoms with Gasteiger partial charge in [0, 0.05) is 0 Å². The third-order valence-corrected chi connectivity index (χ3v) is 6.99. The fraction of sp³-hybridized carbons (Fsp3) is 0.538. The van der Waals surface area contributed by atoms with Crippen molar-refractivity contribution in [1.29, 1.82) is 0 Å². The van der Waals surface area contributed by atoms with Gasteiger partial charge in [0.2, 0.25) is 0 Å². The van der Waals surface area contributed by atoms with Crippen LogP contribution >= 0.6 is 0 Å². The summed E-state index contributed by atoms with van der Waals surface area (Å²) in [6.45, 7) is 0. The Morgan fingerprint density at radius 2 is 1.68 bits per heavy atom. The van der Waals surface area contributed by atoms with Crippen molar-refractivity contribution < 1.29 is 22.3 Å². The summed E-state index contributed by atoms with van der Waals surface area (Å²) < 4.78 is 50.1. The monoisotopic (exact) mass is 288 g/mol. The van der Waals surface area contributed by atoms with Crippen LogP contribution in [0.25, 0.3) is 0 Å². The highest BCUT2D eigenvalue weighted by molar-refractivity contribution is 7.93. The van der Waals surface area contributed by atoms with E-state index in [0.29, 0.717) is 12.8 Å². The molecule has 1 N–H and O–H groups in total. The minimum absolute atomic E-state index is 0.0664. The van der Waals surface area contributed by atoms with Crippen LogP contribution in [0, 0.1) is 11.6 Å². The molecule has 0 amide bonds. The third kappa shape index (κ3) is 1.89. The number of benzene rings is 1. The zero-order chi connectivity index (χ0) is 13.8. The van der Waals surface area contributed by atoms with Gasteiger partial charge in [-0.15, -0.1) is 0 Å². The first kappa shape index (κ1) is 13.0. The van der Waals surface area contributed by atoms with Gasteiger partial charge in [-0.2, -0.15) is 0 Å². The lowest BCUT2D eigenvalue weighted by Crippen LogP contribution is -2.43. The van der Waals surface area contributed by atoms with E-state index < -0.39 is 37.6 Å². The Balaban J connectivity index is 1.99. The Morgan fingerprint density at radius 1 is 1.11 bits per heavy atom. The van der Waals surface area contributed by atoms with E-state index in [9.17, 15) is 22.3 Å². The van der Waals surface area contributed by atoms with Crippen molar-refractivity contribution in [3.8, 4) is 0 Å². The molecule has 1 aromatic carbocycles. The second kappa shape index (κ2) is 3.99. The van der Waals surface area contributed by atoms with Crippen LogP contribution in [-0.2, 0) is 15.4 Å². The van der Waals surface area contributed by atoms with E-state index in [2.05, 4.69) is 0 Å². The molecule has 1 aromatic rings. The smallest absolute Gasteiger partial charge is 0.159 e. The van der Waals surface area contributed by atoms with Crippen LogP contribution in [0.15, 0.2) is 18.2 Å². The molecule has 0 aliphatic carbocycles.